The number of hydrogen-bond acceptors (Lipinski definition) is 5. The Morgan fingerprint density at radius 3 is 2.26 bits per heavy atom. The Bertz CT molecular complexity index is 1230. The molecule has 0 spiro atoms. The first-order valence-corrected chi connectivity index (χ1v) is 11.7. The van der Waals surface area contributed by atoms with E-state index >= 15 is 0 Å². The fourth-order valence-electron chi connectivity index (χ4n) is 3.89. The Morgan fingerprint density at radius 2 is 1.52 bits per heavy atom. The van der Waals surface area contributed by atoms with Crippen molar-refractivity contribution >= 4 is 61.8 Å². The molecule has 0 atom stereocenters. The van der Waals surface area contributed by atoms with E-state index < -0.39 is 0 Å². The zero-order chi connectivity index (χ0) is 21.2. The molecule has 2 aromatic carbocycles. The quantitative estimate of drug-likeness (QED) is 0.315. The molecule has 1 aliphatic carbocycles. The third-order valence-electron chi connectivity index (χ3n) is 5.47. The predicted octanol–water partition coefficient (Wildman–Crippen LogP) is 6.43. The fourth-order valence-corrected chi connectivity index (χ4v) is 5.35. The molecule has 0 bridgehead atoms. The Kier molecular flexibility index (Phi) is 5.53. The minimum Gasteiger partial charge on any atom is -0.340 e. The van der Waals surface area contributed by atoms with Crippen LogP contribution in [0.5, 0.6) is 0 Å². The fraction of sp³-hybridized carbons (Fsp3) is 0.208. The summed E-state index contributed by atoms with van der Waals surface area (Å²) in [6.45, 7) is 2.07. The van der Waals surface area contributed by atoms with E-state index in [0.717, 1.165) is 40.6 Å². The molecule has 1 aliphatic rings. The van der Waals surface area contributed by atoms with Crippen LogP contribution in [-0.2, 0) is 12.8 Å². The number of anilines is 4. The summed E-state index contributed by atoms with van der Waals surface area (Å²) in [5, 5.41) is 11.7. The van der Waals surface area contributed by atoms with Crippen molar-refractivity contribution in [2.45, 2.75) is 32.6 Å². The van der Waals surface area contributed by atoms with Gasteiger partial charge >= 0.3 is 0 Å². The van der Waals surface area contributed by atoms with Gasteiger partial charge in [0.2, 0.25) is 0 Å². The van der Waals surface area contributed by atoms with Crippen LogP contribution in [0.25, 0.3) is 10.2 Å². The summed E-state index contributed by atoms with van der Waals surface area (Å²) in [6, 6.07) is 16.2. The SMILES string of the molecule is Cc1ccc(NC(=S)Nc2ccc(Nc3ncnc4sc5c(c34)CCCC5)cc2)cc1. The van der Waals surface area contributed by atoms with Gasteiger partial charge in [0.25, 0.3) is 0 Å². The average molecular weight is 446 g/mol. The van der Waals surface area contributed by atoms with Crippen LogP contribution in [0.15, 0.2) is 54.9 Å². The molecule has 2 heterocycles. The van der Waals surface area contributed by atoms with Crippen LogP contribution in [0.4, 0.5) is 22.9 Å². The van der Waals surface area contributed by atoms with E-state index in [0.29, 0.717) is 5.11 Å². The third-order valence-corrected chi connectivity index (χ3v) is 6.87. The molecule has 0 amide bonds. The van der Waals surface area contributed by atoms with Crippen LogP contribution in [-0.4, -0.2) is 15.1 Å². The maximum absolute atomic E-state index is 5.43. The number of aryl methyl sites for hydroxylation is 3. The minimum absolute atomic E-state index is 0.562. The lowest BCUT2D eigenvalue weighted by atomic mass is 9.97. The van der Waals surface area contributed by atoms with E-state index in [1.807, 2.05) is 47.7 Å². The zero-order valence-corrected chi connectivity index (χ0v) is 18.9. The summed E-state index contributed by atoms with van der Waals surface area (Å²) in [6.07, 6.45) is 6.44. The van der Waals surface area contributed by atoms with Crippen LogP contribution in [0.1, 0.15) is 28.8 Å². The second kappa shape index (κ2) is 8.61. The number of fused-ring (bicyclic) bond motifs is 3. The lowest BCUT2D eigenvalue weighted by molar-refractivity contribution is 0.700. The second-order valence-electron chi connectivity index (χ2n) is 7.76. The second-order valence-corrected chi connectivity index (χ2v) is 9.25. The monoisotopic (exact) mass is 445 g/mol. The molecule has 2 aromatic heterocycles. The number of thiocarbonyl (C=S) groups is 1. The maximum atomic E-state index is 5.43. The van der Waals surface area contributed by atoms with E-state index in [-0.39, 0.29) is 0 Å². The lowest BCUT2D eigenvalue weighted by Crippen LogP contribution is -2.18. The van der Waals surface area contributed by atoms with Gasteiger partial charge in [-0.25, -0.2) is 9.97 Å². The van der Waals surface area contributed by atoms with E-state index in [1.165, 1.54) is 34.2 Å². The Morgan fingerprint density at radius 1 is 0.871 bits per heavy atom. The van der Waals surface area contributed by atoms with Crippen molar-refractivity contribution in [1.29, 1.82) is 0 Å². The summed E-state index contributed by atoms with van der Waals surface area (Å²) >= 11 is 7.25. The zero-order valence-electron chi connectivity index (χ0n) is 17.2. The first-order valence-electron chi connectivity index (χ1n) is 10.4. The highest BCUT2D eigenvalue weighted by atomic mass is 32.1. The molecular formula is C24H23N5S2. The van der Waals surface area contributed by atoms with Crippen molar-refractivity contribution < 1.29 is 0 Å². The summed E-state index contributed by atoms with van der Waals surface area (Å²) in [4.78, 5) is 11.6. The van der Waals surface area contributed by atoms with Crippen molar-refractivity contribution in [2.24, 2.45) is 0 Å². The van der Waals surface area contributed by atoms with Gasteiger partial charge in [0.15, 0.2) is 5.11 Å². The van der Waals surface area contributed by atoms with Crippen molar-refractivity contribution in [2.75, 3.05) is 16.0 Å². The van der Waals surface area contributed by atoms with Gasteiger partial charge in [-0.1, -0.05) is 17.7 Å². The molecule has 0 radical (unpaired) electrons. The van der Waals surface area contributed by atoms with Crippen LogP contribution in [0.3, 0.4) is 0 Å². The molecule has 0 fully saturated rings. The smallest absolute Gasteiger partial charge is 0.175 e. The van der Waals surface area contributed by atoms with Gasteiger partial charge in [0.05, 0.1) is 5.39 Å². The Balaban J connectivity index is 1.29. The Hall–Kier alpha value is -3.03. The molecular weight excluding hydrogens is 422 g/mol. The van der Waals surface area contributed by atoms with Crippen molar-refractivity contribution in [3.63, 3.8) is 0 Å². The number of rotatable bonds is 4. The third kappa shape index (κ3) is 4.38. The number of hydrogen-bond donors (Lipinski definition) is 3. The molecule has 0 unspecified atom stereocenters. The van der Waals surface area contributed by atoms with Crippen LogP contribution in [0, 0.1) is 6.92 Å². The lowest BCUT2D eigenvalue weighted by Gasteiger charge is -2.13. The van der Waals surface area contributed by atoms with E-state index in [2.05, 4.69) is 45.0 Å². The minimum atomic E-state index is 0.562. The average Bonchev–Trinajstić information content (AvgIpc) is 3.16. The summed E-state index contributed by atoms with van der Waals surface area (Å²) in [5.41, 5.74) is 5.53. The van der Waals surface area contributed by atoms with E-state index in [1.54, 1.807) is 6.33 Å². The molecule has 156 valence electrons. The standard InChI is InChI=1S/C24H23N5S2/c1-15-6-8-17(9-7-15)28-24(30)29-18-12-10-16(11-13-18)27-22-21-19-4-2-3-5-20(19)31-23(21)26-14-25-22/h6-14H,2-5H2,1H3,(H,25,26,27)(H2,28,29,30). The summed E-state index contributed by atoms with van der Waals surface area (Å²) < 4.78 is 0. The summed E-state index contributed by atoms with van der Waals surface area (Å²) in [7, 11) is 0. The van der Waals surface area contributed by atoms with Crippen LogP contribution in [0.2, 0.25) is 0 Å². The summed E-state index contributed by atoms with van der Waals surface area (Å²) in [5.74, 6) is 0.890. The molecule has 3 N–H and O–H groups in total. The maximum Gasteiger partial charge on any atom is 0.175 e. The number of benzene rings is 2. The van der Waals surface area contributed by atoms with Gasteiger partial charge in [-0.05, 0) is 86.8 Å². The number of thiophene rings is 1. The van der Waals surface area contributed by atoms with E-state index in [4.69, 9.17) is 12.2 Å². The normalized spacial score (nSPS) is 12.9. The van der Waals surface area contributed by atoms with Gasteiger partial charge in [-0.2, -0.15) is 0 Å². The predicted molar refractivity (Wildman–Crippen MR) is 135 cm³/mol. The highest BCUT2D eigenvalue weighted by molar-refractivity contribution is 7.80. The first kappa shape index (κ1) is 19.9. The molecule has 5 nitrogen and oxygen atoms in total. The van der Waals surface area contributed by atoms with Gasteiger partial charge in [-0.3, -0.25) is 0 Å². The van der Waals surface area contributed by atoms with Gasteiger partial charge in [-0.15, -0.1) is 11.3 Å². The molecule has 0 saturated heterocycles. The van der Waals surface area contributed by atoms with Crippen molar-refractivity contribution in [3.8, 4) is 0 Å². The molecule has 7 heteroatoms. The number of nitrogens with zero attached hydrogens (tertiary/aromatic N) is 2. The van der Waals surface area contributed by atoms with E-state index in [9.17, 15) is 0 Å². The first-order chi connectivity index (χ1) is 15.2. The largest absolute Gasteiger partial charge is 0.340 e. The highest BCUT2D eigenvalue weighted by Gasteiger charge is 2.19. The molecule has 5 rings (SSSR count). The van der Waals surface area contributed by atoms with Crippen molar-refractivity contribution in [1.82, 2.24) is 9.97 Å². The highest BCUT2D eigenvalue weighted by Crippen LogP contribution is 2.38. The topological polar surface area (TPSA) is 61.9 Å². The van der Waals surface area contributed by atoms with Gasteiger partial charge in [0, 0.05) is 21.9 Å². The molecule has 0 aliphatic heterocycles. The van der Waals surface area contributed by atoms with Crippen LogP contribution < -0.4 is 16.0 Å². The van der Waals surface area contributed by atoms with Crippen LogP contribution >= 0.6 is 23.6 Å². The molecule has 31 heavy (non-hydrogen) atoms. The number of aromatic nitrogens is 2. The van der Waals surface area contributed by atoms with Gasteiger partial charge < -0.3 is 16.0 Å². The van der Waals surface area contributed by atoms with Crippen molar-refractivity contribution in [3.05, 3.63) is 70.9 Å². The molecule has 0 saturated carbocycles. The molecule has 4 aromatic rings. The van der Waals surface area contributed by atoms with Gasteiger partial charge in [0.1, 0.15) is 17.0 Å². The Labute approximate surface area is 190 Å². The number of nitrogens with one attached hydrogen (secondary N) is 3.